The van der Waals surface area contributed by atoms with Gasteiger partial charge in [0.1, 0.15) is 5.82 Å². The second-order valence-corrected chi connectivity index (χ2v) is 5.27. The van der Waals surface area contributed by atoms with Gasteiger partial charge in [0, 0.05) is 13.1 Å². The SMILES string of the molecule is C[C@H]1CN(C(=O)C(F)(F)F)CCc2cc(F)c(Cl)cc21. The molecule has 0 fully saturated rings. The van der Waals surface area contributed by atoms with Crippen molar-refractivity contribution in [2.45, 2.75) is 25.4 Å². The molecule has 1 aliphatic rings. The molecule has 0 bridgehead atoms. The van der Waals surface area contributed by atoms with Crippen LogP contribution in [0.2, 0.25) is 5.02 Å². The summed E-state index contributed by atoms with van der Waals surface area (Å²) in [7, 11) is 0. The molecule has 0 aliphatic carbocycles. The van der Waals surface area contributed by atoms with Crippen molar-refractivity contribution in [3.63, 3.8) is 0 Å². The lowest BCUT2D eigenvalue weighted by atomic mass is 9.95. The highest BCUT2D eigenvalue weighted by atomic mass is 35.5. The first-order chi connectivity index (χ1) is 9.20. The summed E-state index contributed by atoms with van der Waals surface area (Å²) in [5, 5.41) is -0.0637. The minimum Gasteiger partial charge on any atom is -0.334 e. The number of hydrogen-bond acceptors (Lipinski definition) is 1. The van der Waals surface area contributed by atoms with Gasteiger partial charge in [-0.3, -0.25) is 4.79 Å². The van der Waals surface area contributed by atoms with Crippen LogP contribution in [0, 0.1) is 5.82 Å². The van der Waals surface area contributed by atoms with E-state index in [1.165, 1.54) is 12.1 Å². The van der Waals surface area contributed by atoms with Gasteiger partial charge in [0.15, 0.2) is 0 Å². The second kappa shape index (κ2) is 5.24. The number of nitrogens with zero attached hydrogens (tertiary/aromatic N) is 1. The first kappa shape index (κ1) is 15.1. The van der Waals surface area contributed by atoms with E-state index in [2.05, 4.69) is 0 Å². The van der Waals surface area contributed by atoms with Crippen LogP contribution in [0.15, 0.2) is 12.1 Å². The molecule has 1 aliphatic heterocycles. The van der Waals surface area contributed by atoms with Crippen molar-refractivity contribution >= 4 is 17.5 Å². The van der Waals surface area contributed by atoms with Gasteiger partial charge in [-0.2, -0.15) is 13.2 Å². The van der Waals surface area contributed by atoms with Crippen molar-refractivity contribution in [2.75, 3.05) is 13.1 Å². The molecule has 0 N–H and O–H groups in total. The third-order valence-corrected chi connectivity index (χ3v) is 3.68. The molecule has 0 aromatic heterocycles. The molecule has 2 nitrogen and oxygen atoms in total. The number of halogens is 5. The van der Waals surface area contributed by atoms with Gasteiger partial charge in [-0.1, -0.05) is 18.5 Å². The summed E-state index contributed by atoms with van der Waals surface area (Å²) >= 11 is 5.70. The number of carbonyl (C=O) groups excluding carboxylic acids is 1. The van der Waals surface area contributed by atoms with Crippen LogP contribution in [0.3, 0.4) is 0 Å². The molecule has 1 aromatic carbocycles. The van der Waals surface area contributed by atoms with E-state index in [4.69, 9.17) is 11.6 Å². The maximum atomic E-state index is 13.4. The number of fused-ring (bicyclic) bond motifs is 1. The molecule has 1 atom stereocenters. The monoisotopic (exact) mass is 309 g/mol. The van der Waals surface area contributed by atoms with Crippen molar-refractivity contribution in [1.82, 2.24) is 4.90 Å². The maximum Gasteiger partial charge on any atom is 0.471 e. The van der Waals surface area contributed by atoms with E-state index in [9.17, 15) is 22.4 Å². The van der Waals surface area contributed by atoms with E-state index < -0.39 is 17.9 Å². The molecular formula is C13H12ClF4NO. The van der Waals surface area contributed by atoms with Gasteiger partial charge >= 0.3 is 12.1 Å². The number of rotatable bonds is 0. The lowest BCUT2D eigenvalue weighted by molar-refractivity contribution is -0.185. The molecule has 0 saturated heterocycles. The summed E-state index contributed by atoms with van der Waals surface area (Å²) in [5.74, 6) is -2.80. The lowest BCUT2D eigenvalue weighted by Gasteiger charge is -2.23. The minimum absolute atomic E-state index is 0.0622. The Hall–Kier alpha value is -1.30. The molecule has 0 unspecified atom stereocenters. The van der Waals surface area contributed by atoms with E-state index in [0.717, 1.165) is 4.90 Å². The van der Waals surface area contributed by atoms with Crippen molar-refractivity contribution in [2.24, 2.45) is 0 Å². The fraction of sp³-hybridized carbons (Fsp3) is 0.462. The molecule has 1 heterocycles. The van der Waals surface area contributed by atoms with Gasteiger partial charge in [0.25, 0.3) is 0 Å². The highest BCUT2D eigenvalue weighted by Crippen LogP contribution is 2.31. The Morgan fingerprint density at radius 2 is 2.05 bits per heavy atom. The zero-order valence-corrected chi connectivity index (χ0v) is 11.4. The molecule has 1 aromatic rings. The summed E-state index contributed by atoms with van der Waals surface area (Å²) in [6, 6.07) is 2.66. The van der Waals surface area contributed by atoms with Crippen LogP contribution in [0.5, 0.6) is 0 Å². The molecule has 1 amide bonds. The third kappa shape index (κ3) is 2.90. The van der Waals surface area contributed by atoms with Crippen LogP contribution < -0.4 is 0 Å². The van der Waals surface area contributed by atoms with Gasteiger partial charge < -0.3 is 4.90 Å². The Balaban J connectivity index is 2.30. The fourth-order valence-electron chi connectivity index (χ4n) is 2.42. The average molecular weight is 310 g/mol. The van der Waals surface area contributed by atoms with Crippen LogP contribution in [0.1, 0.15) is 24.0 Å². The van der Waals surface area contributed by atoms with E-state index in [1.54, 1.807) is 6.92 Å². The maximum absolute atomic E-state index is 13.4. The number of alkyl halides is 3. The Labute approximate surface area is 118 Å². The summed E-state index contributed by atoms with van der Waals surface area (Å²) in [6.07, 6.45) is -4.71. The van der Waals surface area contributed by atoms with Crippen LogP contribution in [0.25, 0.3) is 0 Å². The van der Waals surface area contributed by atoms with Crippen LogP contribution >= 0.6 is 11.6 Å². The molecular weight excluding hydrogens is 298 g/mol. The fourth-order valence-corrected chi connectivity index (χ4v) is 2.59. The first-order valence-electron chi connectivity index (χ1n) is 6.04. The van der Waals surface area contributed by atoms with Crippen molar-refractivity contribution in [3.8, 4) is 0 Å². The minimum atomic E-state index is -4.89. The van der Waals surface area contributed by atoms with Gasteiger partial charge in [-0.25, -0.2) is 4.39 Å². The zero-order valence-electron chi connectivity index (χ0n) is 10.6. The van der Waals surface area contributed by atoms with Crippen LogP contribution in [-0.4, -0.2) is 30.1 Å². The van der Waals surface area contributed by atoms with Crippen molar-refractivity contribution in [1.29, 1.82) is 0 Å². The summed E-state index contributed by atoms with van der Waals surface area (Å²) in [6.45, 7) is 1.54. The normalized spacial score (nSPS) is 19.5. The Bertz CT molecular complexity index is 544. The second-order valence-electron chi connectivity index (χ2n) is 4.87. The predicted octanol–water partition coefficient (Wildman–Crippen LogP) is 3.53. The Morgan fingerprint density at radius 1 is 1.40 bits per heavy atom. The average Bonchev–Trinajstić information content (AvgIpc) is 2.49. The van der Waals surface area contributed by atoms with Crippen molar-refractivity contribution < 1.29 is 22.4 Å². The molecule has 0 saturated carbocycles. The number of carbonyl (C=O) groups is 1. The molecule has 20 heavy (non-hydrogen) atoms. The highest BCUT2D eigenvalue weighted by molar-refractivity contribution is 6.30. The van der Waals surface area contributed by atoms with E-state index >= 15 is 0 Å². The number of amides is 1. The van der Waals surface area contributed by atoms with Gasteiger partial charge in [-0.15, -0.1) is 0 Å². The molecule has 0 spiro atoms. The van der Waals surface area contributed by atoms with Gasteiger partial charge in [-0.05, 0) is 35.6 Å². The highest BCUT2D eigenvalue weighted by Gasteiger charge is 2.43. The summed E-state index contributed by atoms with van der Waals surface area (Å²) < 4.78 is 50.9. The predicted molar refractivity (Wildman–Crippen MR) is 66.2 cm³/mol. The lowest BCUT2D eigenvalue weighted by Crippen LogP contribution is -2.42. The van der Waals surface area contributed by atoms with Gasteiger partial charge in [0.05, 0.1) is 5.02 Å². The van der Waals surface area contributed by atoms with Crippen molar-refractivity contribution in [3.05, 3.63) is 34.1 Å². The largest absolute Gasteiger partial charge is 0.471 e. The Morgan fingerprint density at radius 3 is 2.65 bits per heavy atom. The zero-order chi connectivity index (χ0) is 15.1. The van der Waals surface area contributed by atoms with Crippen LogP contribution in [0.4, 0.5) is 17.6 Å². The number of hydrogen-bond donors (Lipinski definition) is 0. The smallest absolute Gasteiger partial charge is 0.334 e. The van der Waals surface area contributed by atoms with E-state index in [-0.39, 0.29) is 30.5 Å². The molecule has 110 valence electrons. The van der Waals surface area contributed by atoms with Crippen LogP contribution in [-0.2, 0) is 11.2 Å². The Kier molecular flexibility index (Phi) is 3.95. The molecule has 7 heteroatoms. The topological polar surface area (TPSA) is 20.3 Å². The quantitative estimate of drug-likeness (QED) is 0.671. The summed E-state index contributed by atoms with van der Waals surface area (Å²) in [5.41, 5.74) is 1.28. The van der Waals surface area contributed by atoms with E-state index in [1.807, 2.05) is 0 Å². The molecule has 0 radical (unpaired) electrons. The van der Waals surface area contributed by atoms with E-state index in [0.29, 0.717) is 11.1 Å². The standard InChI is InChI=1S/C13H12ClF4NO/c1-7-6-19(12(20)13(16,17)18)3-2-8-4-11(15)10(14)5-9(7)8/h4-5,7H,2-3,6H2,1H3/t7-/m0/s1. The first-order valence-corrected chi connectivity index (χ1v) is 6.42. The van der Waals surface area contributed by atoms with Gasteiger partial charge in [0.2, 0.25) is 0 Å². The summed E-state index contributed by atoms with van der Waals surface area (Å²) in [4.78, 5) is 12.1. The number of benzene rings is 1. The molecule has 2 rings (SSSR count). The third-order valence-electron chi connectivity index (χ3n) is 3.39.